The molecular formula is C21H21F3N2O3S. The van der Waals surface area contributed by atoms with Crippen molar-refractivity contribution in [3.8, 4) is 11.1 Å². The first-order chi connectivity index (χ1) is 14.4. The minimum atomic E-state index is -1.55. The van der Waals surface area contributed by atoms with Gasteiger partial charge in [0.25, 0.3) is 0 Å². The van der Waals surface area contributed by atoms with Gasteiger partial charge in [0.2, 0.25) is 0 Å². The Hall–Kier alpha value is -2.33. The molecule has 1 aliphatic heterocycles. The Kier molecular flexibility index (Phi) is 5.88. The lowest BCUT2D eigenvalue weighted by molar-refractivity contribution is 0.00843. The number of hydrogen-bond donors (Lipinski definition) is 4. The highest BCUT2D eigenvalue weighted by molar-refractivity contribution is 8.17. The Balaban J connectivity index is 1.64. The molecule has 5 nitrogen and oxygen atoms in total. The first-order valence-electron chi connectivity index (χ1n) is 9.38. The summed E-state index contributed by atoms with van der Waals surface area (Å²) in [7, 11) is -1.01. The van der Waals surface area contributed by atoms with Crippen LogP contribution in [0.2, 0.25) is 0 Å². The lowest BCUT2D eigenvalue weighted by Gasteiger charge is -2.45. The van der Waals surface area contributed by atoms with Crippen LogP contribution in [0.3, 0.4) is 0 Å². The predicted molar refractivity (Wildman–Crippen MR) is 108 cm³/mol. The zero-order valence-electron chi connectivity index (χ0n) is 15.7. The van der Waals surface area contributed by atoms with Gasteiger partial charge in [-0.3, -0.25) is 4.68 Å². The van der Waals surface area contributed by atoms with Crippen LogP contribution >= 0.6 is 10.9 Å². The molecule has 0 spiro atoms. The van der Waals surface area contributed by atoms with E-state index in [-0.39, 0.29) is 12.2 Å². The summed E-state index contributed by atoms with van der Waals surface area (Å²) in [5, 5.41) is 35.4. The molecule has 160 valence electrons. The van der Waals surface area contributed by atoms with Gasteiger partial charge in [-0.15, -0.1) is 0 Å². The Bertz CT molecular complexity index is 1010. The van der Waals surface area contributed by atoms with Crippen LogP contribution in [0.25, 0.3) is 11.1 Å². The van der Waals surface area contributed by atoms with Crippen LogP contribution in [0, 0.1) is 17.5 Å². The molecule has 2 heterocycles. The Morgan fingerprint density at radius 3 is 2.33 bits per heavy atom. The highest BCUT2D eigenvalue weighted by Crippen LogP contribution is 2.49. The van der Waals surface area contributed by atoms with Crippen molar-refractivity contribution in [1.82, 2.24) is 9.78 Å². The smallest absolute Gasteiger partial charge is 0.194 e. The second-order valence-electron chi connectivity index (χ2n) is 7.25. The fourth-order valence-electron chi connectivity index (χ4n) is 3.91. The van der Waals surface area contributed by atoms with Crippen molar-refractivity contribution in [2.75, 3.05) is 12.4 Å². The number of aliphatic hydroxyl groups excluding tert-OH is 3. The average Bonchev–Trinajstić information content (AvgIpc) is 3.21. The van der Waals surface area contributed by atoms with Crippen LogP contribution in [-0.4, -0.2) is 54.9 Å². The van der Waals surface area contributed by atoms with Gasteiger partial charge in [-0.05, 0) is 22.6 Å². The molecule has 0 radical (unpaired) electrons. The minimum absolute atomic E-state index is 0.0858. The standard InChI is InChI=1S/C21H21F3N2O3S/c22-15-6-12(7-16(23)19(15)24)13-8-25-26(9-13)20-17(28)11-30(18(10-27)21(20)29)14-4-2-1-3-5-14/h1-9,17-18,20-21,27-30H,10-11H2/t17-,18+,20-,21-/m0/s1. The number of benzene rings is 2. The topological polar surface area (TPSA) is 78.5 Å². The summed E-state index contributed by atoms with van der Waals surface area (Å²) in [5.74, 6) is -3.82. The highest BCUT2D eigenvalue weighted by Gasteiger charge is 2.43. The number of aromatic nitrogens is 2. The van der Waals surface area contributed by atoms with Crippen molar-refractivity contribution < 1.29 is 28.5 Å². The van der Waals surface area contributed by atoms with E-state index in [2.05, 4.69) is 5.10 Å². The molecular weight excluding hydrogens is 417 g/mol. The van der Waals surface area contributed by atoms with Crippen LogP contribution in [0.15, 0.2) is 59.8 Å². The second kappa shape index (κ2) is 8.43. The van der Waals surface area contributed by atoms with Crippen molar-refractivity contribution in [2.45, 2.75) is 28.4 Å². The maximum Gasteiger partial charge on any atom is 0.194 e. The van der Waals surface area contributed by atoms with Gasteiger partial charge in [0.15, 0.2) is 17.5 Å². The maximum absolute atomic E-state index is 13.6. The normalized spacial score (nSPS) is 27.9. The van der Waals surface area contributed by atoms with E-state index in [1.54, 1.807) is 0 Å². The SMILES string of the molecule is OC[C@@H]1[C@H](O)[C@@H](n2cc(-c3cc(F)c(F)c(F)c3)cn2)[C@@H](O)C[SH]1c1ccccc1. The molecule has 30 heavy (non-hydrogen) atoms. The molecule has 5 atom stereocenters. The van der Waals surface area contributed by atoms with Gasteiger partial charge in [0.1, 0.15) is 6.04 Å². The summed E-state index contributed by atoms with van der Waals surface area (Å²) in [6, 6.07) is 10.3. The lowest BCUT2D eigenvalue weighted by Crippen LogP contribution is -2.49. The molecule has 0 aliphatic carbocycles. The third-order valence-electron chi connectivity index (χ3n) is 5.42. The van der Waals surface area contributed by atoms with E-state index in [4.69, 9.17) is 0 Å². The fraction of sp³-hybridized carbons (Fsp3) is 0.286. The summed E-state index contributed by atoms with van der Waals surface area (Å²) >= 11 is 0. The average molecular weight is 438 g/mol. The Morgan fingerprint density at radius 1 is 1.03 bits per heavy atom. The van der Waals surface area contributed by atoms with Crippen molar-refractivity contribution >= 4 is 10.9 Å². The van der Waals surface area contributed by atoms with E-state index in [1.807, 2.05) is 30.3 Å². The minimum Gasteiger partial charge on any atom is -0.395 e. The molecule has 1 saturated heterocycles. The van der Waals surface area contributed by atoms with E-state index < -0.39 is 51.8 Å². The van der Waals surface area contributed by atoms with Crippen molar-refractivity contribution in [2.24, 2.45) is 0 Å². The van der Waals surface area contributed by atoms with Gasteiger partial charge in [0, 0.05) is 22.8 Å². The van der Waals surface area contributed by atoms with Crippen molar-refractivity contribution in [3.05, 3.63) is 72.3 Å². The van der Waals surface area contributed by atoms with Crippen LogP contribution in [0.5, 0.6) is 0 Å². The summed E-state index contributed by atoms with van der Waals surface area (Å²) in [5.41, 5.74) is 0.395. The number of thiol groups is 1. The molecule has 2 aromatic carbocycles. The molecule has 1 unspecified atom stereocenters. The van der Waals surface area contributed by atoms with Gasteiger partial charge >= 0.3 is 0 Å². The molecule has 3 N–H and O–H groups in total. The summed E-state index contributed by atoms with van der Waals surface area (Å²) in [6.07, 6.45) is 0.741. The monoisotopic (exact) mass is 438 g/mol. The van der Waals surface area contributed by atoms with E-state index in [0.29, 0.717) is 11.3 Å². The first-order valence-corrected chi connectivity index (χ1v) is 11.0. The van der Waals surface area contributed by atoms with Crippen LogP contribution in [0.1, 0.15) is 6.04 Å². The third-order valence-corrected chi connectivity index (χ3v) is 8.42. The molecule has 3 aromatic rings. The van der Waals surface area contributed by atoms with Crippen LogP contribution in [0.4, 0.5) is 13.2 Å². The van der Waals surface area contributed by atoms with Crippen molar-refractivity contribution in [1.29, 1.82) is 0 Å². The van der Waals surface area contributed by atoms with Gasteiger partial charge in [-0.2, -0.15) is 5.10 Å². The van der Waals surface area contributed by atoms with E-state index in [0.717, 1.165) is 17.0 Å². The Morgan fingerprint density at radius 2 is 1.70 bits per heavy atom. The molecule has 0 saturated carbocycles. The molecule has 9 heteroatoms. The van der Waals surface area contributed by atoms with Crippen LogP contribution < -0.4 is 0 Å². The number of nitrogens with zero attached hydrogens (tertiary/aromatic N) is 2. The third kappa shape index (κ3) is 3.74. The second-order valence-corrected chi connectivity index (χ2v) is 9.73. The van der Waals surface area contributed by atoms with E-state index in [9.17, 15) is 28.5 Å². The first kappa shape index (κ1) is 20.9. The quantitative estimate of drug-likeness (QED) is 0.373. The molecule has 1 aromatic heterocycles. The molecule has 4 rings (SSSR count). The fourth-order valence-corrected chi connectivity index (χ4v) is 6.69. The Labute approximate surface area is 173 Å². The summed E-state index contributed by atoms with van der Waals surface area (Å²) < 4.78 is 41.7. The molecule has 0 amide bonds. The molecule has 0 bridgehead atoms. The molecule has 1 aliphatic rings. The number of halogens is 3. The maximum atomic E-state index is 13.6. The van der Waals surface area contributed by atoms with E-state index in [1.165, 1.54) is 17.1 Å². The number of hydrogen-bond acceptors (Lipinski definition) is 4. The lowest BCUT2D eigenvalue weighted by atomic mass is 10.0. The zero-order valence-corrected chi connectivity index (χ0v) is 16.6. The summed E-state index contributed by atoms with van der Waals surface area (Å²) in [6.45, 7) is -0.256. The van der Waals surface area contributed by atoms with Crippen molar-refractivity contribution in [3.63, 3.8) is 0 Å². The summed E-state index contributed by atoms with van der Waals surface area (Å²) in [4.78, 5) is 0.974. The van der Waals surface area contributed by atoms with Gasteiger partial charge in [-0.25, -0.2) is 24.1 Å². The predicted octanol–water partition coefficient (Wildman–Crippen LogP) is 2.67. The van der Waals surface area contributed by atoms with Gasteiger partial charge in [-0.1, -0.05) is 30.3 Å². The zero-order chi connectivity index (χ0) is 21.4. The largest absolute Gasteiger partial charge is 0.395 e. The van der Waals surface area contributed by atoms with Gasteiger partial charge < -0.3 is 15.3 Å². The highest BCUT2D eigenvalue weighted by atomic mass is 32.2. The van der Waals surface area contributed by atoms with Crippen LogP contribution in [-0.2, 0) is 0 Å². The van der Waals surface area contributed by atoms with Gasteiger partial charge in [0.05, 0.1) is 25.0 Å². The van der Waals surface area contributed by atoms with E-state index >= 15 is 0 Å². The number of aliphatic hydroxyl groups is 3. The molecule has 1 fully saturated rings. The number of rotatable bonds is 4.